The van der Waals surface area contributed by atoms with Crippen LogP contribution in [0, 0.1) is 20.8 Å². The van der Waals surface area contributed by atoms with Crippen LogP contribution < -0.4 is 5.43 Å². The van der Waals surface area contributed by atoms with E-state index in [0.717, 1.165) is 28.4 Å². The summed E-state index contributed by atoms with van der Waals surface area (Å²) in [7, 11) is 0. The molecule has 1 N–H and O–H groups in total. The second-order valence-corrected chi connectivity index (χ2v) is 8.92. The van der Waals surface area contributed by atoms with Crippen LogP contribution >= 0.6 is 35.0 Å². The Balaban J connectivity index is 1.58. The highest BCUT2D eigenvalue weighted by atomic mass is 35.5. The summed E-state index contributed by atoms with van der Waals surface area (Å²) in [5.74, 6) is 1.02. The van der Waals surface area contributed by atoms with Crippen molar-refractivity contribution in [2.75, 3.05) is 5.75 Å². The highest BCUT2D eigenvalue weighted by Crippen LogP contribution is 2.26. The lowest BCUT2D eigenvalue weighted by Crippen LogP contribution is -2.19. The van der Waals surface area contributed by atoms with Gasteiger partial charge in [-0.2, -0.15) is 5.10 Å². The number of thioether (sulfide) groups is 1. The van der Waals surface area contributed by atoms with Crippen molar-refractivity contribution in [1.82, 2.24) is 9.99 Å². The minimum Gasteiger partial charge on any atom is -0.318 e. The molecule has 3 rings (SSSR count). The number of hydrogen-bond acceptors (Lipinski definition) is 3. The SMILES string of the molecule is Cc1ccc(CSCC(=O)N/N=C/c2cc(C)n(-c3cc(Cl)cc(Cl)c3)c2C)cc1. The van der Waals surface area contributed by atoms with Crippen molar-refractivity contribution in [3.05, 3.63) is 86.7 Å². The number of nitrogens with zero attached hydrogens (tertiary/aromatic N) is 2. The van der Waals surface area contributed by atoms with Gasteiger partial charge in [-0.05, 0) is 50.6 Å². The second-order valence-electron chi connectivity index (χ2n) is 7.06. The molecule has 1 amide bonds. The number of aromatic nitrogens is 1. The molecule has 0 atom stereocenters. The molecule has 0 radical (unpaired) electrons. The summed E-state index contributed by atoms with van der Waals surface area (Å²) in [6.45, 7) is 6.05. The molecular weight excluding hydrogens is 437 g/mol. The normalized spacial score (nSPS) is 11.2. The highest BCUT2D eigenvalue weighted by molar-refractivity contribution is 7.99. The number of halogens is 2. The number of amides is 1. The molecule has 30 heavy (non-hydrogen) atoms. The standard InChI is InChI=1S/C23H23Cl2N3OS/c1-15-4-6-18(7-5-15)13-30-14-23(29)27-26-12-19-8-16(2)28(17(19)3)22-10-20(24)9-21(25)11-22/h4-12H,13-14H2,1-3H3,(H,27,29)/b26-12+. The van der Waals surface area contributed by atoms with Crippen molar-refractivity contribution in [2.45, 2.75) is 26.5 Å². The quantitative estimate of drug-likeness (QED) is 0.343. The predicted molar refractivity (Wildman–Crippen MR) is 128 cm³/mol. The summed E-state index contributed by atoms with van der Waals surface area (Å²) < 4.78 is 2.05. The van der Waals surface area contributed by atoms with Crippen molar-refractivity contribution in [3.8, 4) is 5.69 Å². The van der Waals surface area contributed by atoms with Gasteiger partial charge in [-0.25, -0.2) is 5.43 Å². The third-order valence-corrected chi connectivity index (χ3v) is 6.03. The van der Waals surface area contributed by atoms with E-state index in [-0.39, 0.29) is 5.91 Å². The van der Waals surface area contributed by atoms with Crippen molar-refractivity contribution in [1.29, 1.82) is 0 Å². The summed E-state index contributed by atoms with van der Waals surface area (Å²) in [6.07, 6.45) is 1.66. The zero-order valence-corrected chi connectivity index (χ0v) is 19.4. The Bertz CT molecular complexity index is 1050. The molecule has 0 fully saturated rings. The summed E-state index contributed by atoms with van der Waals surface area (Å²) >= 11 is 13.8. The molecule has 0 spiro atoms. The van der Waals surface area contributed by atoms with Gasteiger partial charge in [0.2, 0.25) is 5.91 Å². The lowest BCUT2D eigenvalue weighted by atomic mass is 10.2. The van der Waals surface area contributed by atoms with Gasteiger partial charge in [-0.1, -0.05) is 53.0 Å². The molecule has 0 aliphatic rings. The summed E-state index contributed by atoms with van der Waals surface area (Å²) in [5, 5.41) is 5.28. The van der Waals surface area contributed by atoms with Crippen molar-refractivity contribution < 1.29 is 4.79 Å². The summed E-state index contributed by atoms with van der Waals surface area (Å²) in [6, 6.07) is 15.8. The number of carbonyl (C=O) groups excluding carboxylic acids is 1. The fourth-order valence-corrected chi connectivity index (χ4v) is 4.43. The number of rotatable bonds is 7. The summed E-state index contributed by atoms with van der Waals surface area (Å²) in [5.41, 5.74) is 8.84. The van der Waals surface area contributed by atoms with Gasteiger partial charge in [0.05, 0.1) is 12.0 Å². The van der Waals surface area contributed by atoms with Gasteiger partial charge in [0.15, 0.2) is 0 Å². The van der Waals surface area contributed by atoms with Crippen LogP contribution in [0.15, 0.2) is 53.6 Å². The van der Waals surface area contributed by atoms with E-state index in [1.54, 1.807) is 24.0 Å². The first-order valence-corrected chi connectivity index (χ1v) is 11.3. The van der Waals surface area contributed by atoms with Crippen LogP contribution in [0.3, 0.4) is 0 Å². The fourth-order valence-electron chi connectivity index (χ4n) is 3.14. The Morgan fingerprint density at radius 1 is 1.07 bits per heavy atom. The molecule has 0 saturated carbocycles. The number of hydrazone groups is 1. The minimum atomic E-state index is -0.126. The molecular formula is C23H23Cl2N3OS. The lowest BCUT2D eigenvalue weighted by molar-refractivity contribution is -0.118. The third-order valence-electron chi connectivity index (χ3n) is 4.59. The van der Waals surface area contributed by atoms with Crippen LogP contribution in [0.4, 0.5) is 0 Å². The molecule has 0 aliphatic heterocycles. The van der Waals surface area contributed by atoms with E-state index in [1.807, 2.05) is 32.0 Å². The van der Waals surface area contributed by atoms with E-state index in [0.29, 0.717) is 15.8 Å². The largest absolute Gasteiger partial charge is 0.318 e. The Labute approximate surface area is 191 Å². The van der Waals surface area contributed by atoms with Gasteiger partial charge in [-0.15, -0.1) is 11.8 Å². The zero-order chi connectivity index (χ0) is 21.7. The zero-order valence-electron chi connectivity index (χ0n) is 17.1. The molecule has 2 aromatic carbocycles. The lowest BCUT2D eigenvalue weighted by Gasteiger charge is -2.10. The average molecular weight is 460 g/mol. The van der Waals surface area contributed by atoms with E-state index < -0.39 is 0 Å². The monoisotopic (exact) mass is 459 g/mol. The van der Waals surface area contributed by atoms with Crippen LogP contribution in [0.2, 0.25) is 10.0 Å². The van der Waals surface area contributed by atoms with Gasteiger partial charge in [0.25, 0.3) is 0 Å². The Kier molecular flexibility index (Phi) is 7.64. The van der Waals surface area contributed by atoms with Crippen LogP contribution in [-0.4, -0.2) is 22.4 Å². The number of nitrogens with one attached hydrogen (secondary N) is 1. The molecule has 0 unspecified atom stereocenters. The van der Waals surface area contributed by atoms with Crippen molar-refractivity contribution in [3.63, 3.8) is 0 Å². The van der Waals surface area contributed by atoms with E-state index in [1.165, 1.54) is 11.1 Å². The number of hydrogen-bond donors (Lipinski definition) is 1. The molecule has 1 aromatic heterocycles. The van der Waals surface area contributed by atoms with Crippen LogP contribution in [-0.2, 0) is 10.5 Å². The van der Waals surface area contributed by atoms with Crippen LogP contribution in [0.1, 0.15) is 28.1 Å². The summed E-state index contributed by atoms with van der Waals surface area (Å²) in [4.78, 5) is 12.1. The first-order chi connectivity index (χ1) is 14.3. The van der Waals surface area contributed by atoms with Gasteiger partial charge in [0.1, 0.15) is 0 Å². The van der Waals surface area contributed by atoms with E-state index in [9.17, 15) is 4.79 Å². The first-order valence-electron chi connectivity index (χ1n) is 9.44. The van der Waals surface area contributed by atoms with E-state index in [2.05, 4.69) is 46.3 Å². The maximum Gasteiger partial charge on any atom is 0.250 e. The molecule has 0 aliphatic carbocycles. The molecule has 1 heterocycles. The fraction of sp³-hybridized carbons (Fsp3) is 0.217. The average Bonchev–Trinajstić information content (AvgIpc) is 2.96. The number of carbonyl (C=O) groups is 1. The van der Waals surface area contributed by atoms with Crippen LogP contribution in [0.5, 0.6) is 0 Å². The second kappa shape index (κ2) is 10.2. The van der Waals surface area contributed by atoms with Gasteiger partial charge >= 0.3 is 0 Å². The Hall–Kier alpha value is -2.21. The maximum atomic E-state index is 12.1. The molecule has 7 heteroatoms. The van der Waals surface area contributed by atoms with Crippen molar-refractivity contribution in [2.24, 2.45) is 5.10 Å². The number of aryl methyl sites for hydroxylation is 2. The maximum absolute atomic E-state index is 12.1. The smallest absolute Gasteiger partial charge is 0.250 e. The molecule has 0 bridgehead atoms. The van der Waals surface area contributed by atoms with E-state index in [4.69, 9.17) is 23.2 Å². The van der Waals surface area contributed by atoms with E-state index >= 15 is 0 Å². The minimum absolute atomic E-state index is 0.126. The molecule has 156 valence electrons. The Morgan fingerprint density at radius 2 is 1.73 bits per heavy atom. The predicted octanol–water partition coefficient (Wildman–Crippen LogP) is 6.09. The van der Waals surface area contributed by atoms with Gasteiger partial charge in [-0.3, -0.25) is 4.79 Å². The highest BCUT2D eigenvalue weighted by Gasteiger charge is 2.11. The molecule has 4 nitrogen and oxygen atoms in total. The van der Waals surface area contributed by atoms with Gasteiger partial charge in [0, 0.05) is 38.4 Å². The van der Waals surface area contributed by atoms with Crippen molar-refractivity contribution >= 4 is 47.1 Å². The number of benzene rings is 2. The topological polar surface area (TPSA) is 46.4 Å². The Morgan fingerprint density at radius 3 is 2.40 bits per heavy atom. The molecule has 0 saturated heterocycles. The van der Waals surface area contributed by atoms with Gasteiger partial charge < -0.3 is 4.57 Å². The first kappa shape index (κ1) is 22.5. The third kappa shape index (κ3) is 5.91. The van der Waals surface area contributed by atoms with Crippen LogP contribution in [0.25, 0.3) is 5.69 Å². The molecule has 3 aromatic rings.